The lowest BCUT2D eigenvalue weighted by molar-refractivity contribution is 0.354. The first-order valence-corrected chi connectivity index (χ1v) is 7.48. The summed E-state index contributed by atoms with van der Waals surface area (Å²) in [5, 5.41) is 9.91. The molecule has 104 valence electrons. The Bertz CT molecular complexity index is 515. The van der Waals surface area contributed by atoms with Crippen LogP contribution >= 0.6 is 12.2 Å². The van der Waals surface area contributed by atoms with Crippen LogP contribution in [-0.4, -0.2) is 32.8 Å². The molecule has 0 unspecified atom stereocenters. The van der Waals surface area contributed by atoms with E-state index in [1.807, 2.05) is 0 Å². The van der Waals surface area contributed by atoms with Crippen LogP contribution in [-0.2, 0) is 13.0 Å². The van der Waals surface area contributed by atoms with Crippen LogP contribution in [0.15, 0.2) is 4.79 Å². The third-order valence-corrected chi connectivity index (χ3v) is 4.54. The number of aromatic amines is 2. The first-order valence-electron chi connectivity index (χ1n) is 7.08. The average molecular weight is 280 g/mol. The average Bonchev–Trinajstić information content (AvgIpc) is 2.81. The largest absolute Gasteiger partial charge is 0.360 e. The number of aromatic nitrogens is 2. The summed E-state index contributed by atoms with van der Waals surface area (Å²) in [5.41, 5.74) is 1.88. The quantitative estimate of drug-likeness (QED) is 0.678. The molecule has 19 heavy (non-hydrogen) atoms. The Hall–Kier alpha value is -1.30. The van der Waals surface area contributed by atoms with Crippen molar-refractivity contribution < 1.29 is 0 Å². The van der Waals surface area contributed by atoms with Crippen molar-refractivity contribution in [1.29, 1.82) is 0 Å². The number of thiocarbonyl (C=S) groups is 1. The van der Waals surface area contributed by atoms with Crippen LogP contribution in [0.2, 0.25) is 0 Å². The van der Waals surface area contributed by atoms with Gasteiger partial charge in [0.1, 0.15) is 0 Å². The molecule has 0 spiro atoms. The summed E-state index contributed by atoms with van der Waals surface area (Å²) in [4.78, 5) is 13.7. The SMILES string of the molecule is O=c1[nH][nH]c2c1CCN(C(=S)NC1CCCCC1)C2. The summed E-state index contributed by atoms with van der Waals surface area (Å²) in [6.45, 7) is 1.53. The smallest absolute Gasteiger partial charge is 0.267 e. The molecule has 0 atom stereocenters. The van der Waals surface area contributed by atoms with Crippen LogP contribution in [0.4, 0.5) is 0 Å². The van der Waals surface area contributed by atoms with Gasteiger partial charge in [0.05, 0.1) is 12.2 Å². The fourth-order valence-electron chi connectivity index (χ4n) is 3.02. The fourth-order valence-corrected chi connectivity index (χ4v) is 3.34. The first kappa shape index (κ1) is 12.7. The van der Waals surface area contributed by atoms with Gasteiger partial charge in [0.25, 0.3) is 5.56 Å². The highest BCUT2D eigenvalue weighted by Gasteiger charge is 2.23. The minimum atomic E-state index is 0.0146. The first-order chi connectivity index (χ1) is 9.24. The standard InChI is InChI=1S/C13H20N4OS/c18-12-10-6-7-17(8-11(10)15-16-12)13(19)14-9-4-2-1-3-5-9/h9H,1-8H2,(H,14,19)(H2,15,16,18). The molecule has 1 aliphatic carbocycles. The van der Waals surface area contributed by atoms with Crippen LogP contribution in [0, 0.1) is 0 Å². The molecule has 2 aliphatic rings. The second-order valence-electron chi connectivity index (χ2n) is 5.49. The van der Waals surface area contributed by atoms with Gasteiger partial charge in [0, 0.05) is 18.2 Å². The highest BCUT2D eigenvalue weighted by Crippen LogP contribution is 2.19. The van der Waals surface area contributed by atoms with Gasteiger partial charge in [0.2, 0.25) is 0 Å². The van der Waals surface area contributed by atoms with Crippen molar-refractivity contribution in [2.45, 2.75) is 51.1 Å². The van der Waals surface area contributed by atoms with Crippen molar-refractivity contribution in [1.82, 2.24) is 20.4 Å². The predicted octanol–water partition coefficient (Wildman–Crippen LogP) is 1.27. The zero-order valence-electron chi connectivity index (χ0n) is 11.0. The summed E-state index contributed by atoms with van der Waals surface area (Å²) in [6, 6.07) is 0.535. The van der Waals surface area contributed by atoms with Crippen molar-refractivity contribution in [2.24, 2.45) is 0 Å². The molecule has 5 nitrogen and oxygen atoms in total. The second-order valence-corrected chi connectivity index (χ2v) is 5.88. The lowest BCUT2D eigenvalue weighted by Gasteiger charge is -2.32. The van der Waals surface area contributed by atoms with Gasteiger partial charge in [-0.3, -0.25) is 9.89 Å². The van der Waals surface area contributed by atoms with Crippen molar-refractivity contribution in [2.75, 3.05) is 6.54 Å². The molecule has 0 radical (unpaired) electrons. The van der Waals surface area contributed by atoms with E-state index >= 15 is 0 Å². The van der Waals surface area contributed by atoms with E-state index in [0.717, 1.165) is 29.3 Å². The summed E-state index contributed by atoms with van der Waals surface area (Å²) in [7, 11) is 0. The molecule has 3 N–H and O–H groups in total. The molecule has 6 heteroatoms. The highest BCUT2D eigenvalue weighted by molar-refractivity contribution is 7.80. The van der Waals surface area contributed by atoms with Gasteiger partial charge in [0.15, 0.2) is 5.11 Å². The van der Waals surface area contributed by atoms with Gasteiger partial charge in [-0.1, -0.05) is 19.3 Å². The zero-order valence-corrected chi connectivity index (χ0v) is 11.8. The van der Waals surface area contributed by atoms with E-state index in [1.54, 1.807) is 0 Å². The Morgan fingerprint density at radius 2 is 2.05 bits per heavy atom. The third kappa shape index (κ3) is 2.68. The number of hydrogen-bond acceptors (Lipinski definition) is 2. The number of hydrogen-bond donors (Lipinski definition) is 3. The molecule has 0 saturated heterocycles. The molecule has 0 aromatic carbocycles. The Balaban J connectivity index is 1.61. The Labute approximate surface area is 117 Å². The van der Waals surface area contributed by atoms with Crippen LogP contribution in [0.5, 0.6) is 0 Å². The summed E-state index contributed by atoms with van der Waals surface area (Å²) < 4.78 is 0. The molecular formula is C13H20N4OS. The maximum atomic E-state index is 11.5. The van der Waals surface area contributed by atoms with Crippen LogP contribution in [0.3, 0.4) is 0 Å². The van der Waals surface area contributed by atoms with Crippen molar-refractivity contribution in [3.8, 4) is 0 Å². The molecule has 2 heterocycles. The molecular weight excluding hydrogens is 260 g/mol. The number of H-pyrrole nitrogens is 2. The molecule has 0 bridgehead atoms. The van der Waals surface area contributed by atoms with Crippen LogP contribution < -0.4 is 10.9 Å². The number of fused-ring (bicyclic) bond motifs is 1. The Kier molecular flexibility index (Phi) is 3.59. The van der Waals surface area contributed by atoms with E-state index in [9.17, 15) is 4.79 Å². The number of nitrogens with one attached hydrogen (secondary N) is 3. The number of rotatable bonds is 1. The number of nitrogens with zero attached hydrogens (tertiary/aromatic N) is 1. The summed E-state index contributed by atoms with van der Waals surface area (Å²) in [5.74, 6) is 0. The second kappa shape index (κ2) is 5.36. The molecule has 1 aliphatic heterocycles. The van der Waals surface area contributed by atoms with Gasteiger partial charge >= 0.3 is 0 Å². The lowest BCUT2D eigenvalue weighted by Crippen LogP contribution is -2.47. The van der Waals surface area contributed by atoms with E-state index in [4.69, 9.17) is 12.2 Å². The Morgan fingerprint density at radius 3 is 2.84 bits per heavy atom. The Morgan fingerprint density at radius 1 is 1.26 bits per heavy atom. The van der Waals surface area contributed by atoms with Crippen LogP contribution in [0.25, 0.3) is 0 Å². The highest BCUT2D eigenvalue weighted by atomic mass is 32.1. The van der Waals surface area contributed by atoms with E-state index in [0.29, 0.717) is 12.6 Å². The van der Waals surface area contributed by atoms with E-state index in [-0.39, 0.29) is 5.56 Å². The summed E-state index contributed by atoms with van der Waals surface area (Å²) >= 11 is 5.50. The van der Waals surface area contributed by atoms with Gasteiger partial charge in [-0.05, 0) is 31.5 Å². The van der Waals surface area contributed by atoms with E-state index in [1.165, 1.54) is 32.1 Å². The summed E-state index contributed by atoms with van der Waals surface area (Å²) in [6.07, 6.45) is 7.16. The van der Waals surface area contributed by atoms with Crippen molar-refractivity contribution >= 4 is 17.3 Å². The van der Waals surface area contributed by atoms with Crippen molar-refractivity contribution in [3.63, 3.8) is 0 Å². The van der Waals surface area contributed by atoms with E-state index < -0.39 is 0 Å². The predicted molar refractivity (Wildman–Crippen MR) is 78.1 cm³/mol. The van der Waals surface area contributed by atoms with Gasteiger partial charge in [-0.25, -0.2) is 0 Å². The minimum Gasteiger partial charge on any atom is -0.360 e. The van der Waals surface area contributed by atoms with E-state index in [2.05, 4.69) is 20.4 Å². The minimum absolute atomic E-state index is 0.0146. The molecule has 3 rings (SSSR count). The molecule has 1 fully saturated rings. The lowest BCUT2D eigenvalue weighted by atomic mass is 9.96. The molecule has 1 aromatic heterocycles. The monoisotopic (exact) mass is 280 g/mol. The molecule has 1 aromatic rings. The van der Waals surface area contributed by atoms with Gasteiger partial charge < -0.3 is 15.3 Å². The van der Waals surface area contributed by atoms with Gasteiger partial charge in [-0.2, -0.15) is 0 Å². The van der Waals surface area contributed by atoms with Crippen LogP contribution in [0.1, 0.15) is 43.4 Å². The van der Waals surface area contributed by atoms with Gasteiger partial charge in [-0.15, -0.1) is 0 Å². The normalized spacial score (nSPS) is 20.1. The maximum Gasteiger partial charge on any atom is 0.267 e. The third-order valence-electron chi connectivity index (χ3n) is 4.17. The topological polar surface area (TPSA) is 63.9 Å². The molecule has 0 amide bonds. The van der Waals surface area contributed by atoms with Crippen molar-refractivity contribution in [3.05, 3.63) is 21.6 Å². The molecule has 1 saturated carbocycles. The fraction of sp³-hybridized carbons (Fsp3) is 0.692. The zero-order chi connectivity index (χ0) is 13.2. The maximum absolute atomic E-state index is 11.5.